The maximum Gasteiger partial charge on any atom is 0.330 e. The number of carbonyl (C=O) groups is 1. The van der Waals surface area contributed by atoms with E-state index in [2.05, 4.69) is 11.3 Å². The lowest BCUT2D eigenvalue weighted by molar-refractivity contribution is -0.137. The zero-order valence-electron chi connectivity index (χ0n) is 5.71. The summed E-state index contributed by atoms with van der Waals surface area (Å²) in [6.45, 7) is 4.17. The average molecular weight is 166 g/mol. The van der Waals surface area contributed by atoms with Crippen molar-refractivity contribution in [2.45, 2.75) is 6.42 Å². The van der Waals surface area contributed by atoms with Gasteiger partial charge in [0.25, 0.3) is 0 Å². The number of halogens is 1. The zero-order valence-corrected chi connectivity index (χ0v) is 6.52. The van der Waals surface area contributed by atoms with Crippen molar-refractivity contribution in [1.82, 2.24) is 0 Å². The number of hydrogen-bond acceptors (Lipinski definition) is 3. The monoisotopic (exact) mass is 165 g/mol. The highest BCUT2D eigenvalue weighted by molar-refractivity contribution is 5.85. The zero-order chi connectivity index (χ0) is 7.11. The standard InChI is InChI=1S/C6H11NO2.ClH/c1-2-6(8)9-5-3-4-7;/h2H,1,3-5,7H2;1H. The van der Waals surface area contributed by atoms with Crippen LogP contribution in [0.5, 0.6) is 0 Å². The molecule has 60 valence electrons. The Morgan fingerprint density at radius 2 is 2.30 bits per heavy atom. The Kier molecular flexibility index (Phi) is 10.3. The molecule has 0 aromatic carbocycles. The fourth-order valence-corrected chi connectivity index (χ4v) is 0.315. The highest BCUT2D eigenvalue weighted by Gasteiger charge is 1.91. The lowest BCUT2D eigenvalue weighted by Crippen LogP contribution is -2.07. The molecule has 0 saturated carbocycles. The van der Waals surface area contributed by atoms with Crippen LogP contribution in [0.2, 0.25) is 0 Å². The van der Waals surface area contributed by atoms with Crippen LogP contribution in [-0.2, 0) is 9.53 Å². The molecule has 0 rings (SSSR count). The van der Waals surface area contributed by atoms with Crippen LogP contribution in [0.15, 0.2) is 12.7 Å². The molecule has 0 fully saturated rings. The molecule has 0 amide bonds. The Morgan fingerprint density at radius 3 is 2.70 bits per heavy atom. The summed E-state index contributed by atoms with van der Waals surface area (Å²) in [6.07, 6.45) is 1.84. The first-order chi connectivity index (χ1) is 4.31. The third-order valence-electron chi connectivity index (χ3n) is 0.759. The first-order valence-electron chi connectivity index (χ1n) is 2.80. The second-order valence-corrected chi connectivity index (χ2v) is 1.51. The van der Waals surface area contributed by atoms with Crippen molar-refractivity contribution >= 4 is 18.4 Å². The Bertz CT molecular complexity index is 106. The van der Waals surface area contributed by atoms with E-state index in [-0.39, 0.29) is 18.4 Å². The Hall–Kier alpha value is -0.540. The summed E-state index contributed by atoms with van der Waals surface area (Å²) in [6, 6.07) is 0. The van der Waals surface area contributed by atoms with Gasteiger partial charge in [-0.05, 0) is 13.0 Å². The summed E-state index contributed by atoms with van der Waals surface area (Å²) in [5, 5.41) is 0. The van der Waals surface area contributed by atoms with E-state index in [1.165, 1.54) is 0 Å². The van der Waals surface area contributed by atoms with Gasteiger partial charge in [-0.1, -0.05) is 6.58 Å². The summed E-state index contributed by atoms with van der Waals surface area (Å²) in [4.78, 5) is 10.3. The molecule has 4 heteroatoms. The van der Waals surface area contributed by atoms with E-state index in [0.717, 1.165) is 6.08 Å². The van der Waals surface area contributed by atoms with Gasteiger partial charge in [0.05, 0.1) is 6.61 Å². The minimum atomic E-state index is -0.386. The molecule has 0 aliphatic heterocycles. The van der Waals surface area contributed by atoms with E-state index in [1.807, 2.05) is 0 Å². The van der Waals surface area contributed by atoms with E-state index in [0.29, 0.717) is 19.6 Å². The second kappa shape index (κ2) is 8.46. The molecule has 0 aliphatic rings. The van der Waals surface area contributed by atoms with Gasteiger partial charge in [-0.25, -0.2) is 4.79 Å². The number of carbonyl (C=O) groups excluding carboxylic acids is 1. The Balaban J connectivity index is 0. The fourth-order valence-electron chi connectivity index (χ4n) is 0.315. The molecule has 0 aromatic heterocycles. The van der Waals surface area contributed by atoms with Crippen molar-refractivity contribution in [1.29, 1.82) is 0 Å². The predicted molar refractivity (Wildman–Crippen MR) is 42.1 cm³/mol. The molecule has 0 aliphatic carbocycles. The Labute approximate surface area is 66.6 Å². The van der Waals surface area contributed by atoms with Crippen LogP contribution in [0.3, 0.4) is 0 Å². The van der Waals surface area contributed by atoms with Gasteiger partial charge in [0.15, 0.2) is 0 Å². The molecule has 0 saturated heterocycles. The maximum absolute atomic E-state index is 10.3. The van der Waals surface area contributed by atoms with Gasteiger partial charge >= 0.3 is 5.97 Å². The third kappa shape index (κ3) is 7.46. The first-order valence-corrected chi connectivity index (χ1v) is 2.80. The molecule has 0 aromatic rings. The van der Waals surface area contributed by atoms with Gasteiger partial charge in [-0.15, -0.1) is 12.4 Å². The van der Waals surface area contributed by atoms with Crippen molar-refractivity contribution in [3.63, 3.8) is 0 Å². The van der Waals surface area contributed by atoms with Gasteiger partial charge in [-0.2, -0.15) is 0 Å². The van der Waals surface area contributed by atoms with Crippen LogP contribution in [-0.4, -0.2) is 19.1 Å². The quantitative estimate of drug-likeness (QED) is 0.375. The van der Waals surface area contributed by atoms with Crippen molar-refractivity contribution in [3.8, 4) is 0 Å². The van der Waals surface area contributed by atoms with Crippen LogP contribution >= 0.6 is 12.4 Å². The molecule has 0 atom stereocenters. The maximum atomic E-state index is 10.3. The largest absolute Gasteiger partial charge is 0.462 e. The van der Waals surface area contributed by atoms with E-state index in [1.54, 1.807) is 0 Å². The molecular formula is C6H12ClNO2. The molecule has 2 N–H and O–H groups in total. The lowest BCUT2D eigenvalue weighted by atomic mass is 10.5. The van der Waals surface area contributed by atoms with Crippen LogP contribution in [0.1, 0.15) is 6.42 Å². The van der Waals surface area contributed by atoms with Gasteiger partial charge in [0.1, 0.15) is 0 Å². The highest BCUT2D eigenvalue weighted by atomic mass is 35.5. The van der Waals surface area contributed by atoms with Crippen molar-refractivity contribution in [2.24, 2.45) is 5.73 Å². The molecule has 0 spiro atoms. The molecule has 0 heterocycles. The van der Waals surface area contributed by atoms with Gasteiger partial charge in [0, 0.05) is 6.08 Å². The summed E-state index contributed by atoms with van der Waals surface area (Å²) < 4.78 is 4.59. The van der Waals surface area contributed by atoms with E-state index < -0.39 is 0 Å². The van der Waals surface area contributed by atoms with E-state index >= 15 is 0 Å². The van der Waals surface area contributed by atoms with E-state index in [9.17, 15) is 4.79 Å². The van der Waals surface area contributed by atoms with Gasteiger partial charge in [-0.3, -0.25) is 0 Å². The summed E-state index contributed by atoms with van der Waals surface area (Å²) in [7, 11) is 0. The minimum Gasteiger partial charge on any atom is -0.462 e. The Morgan fingerprint density at radius 1 is 1.70 bits per heavy atom. The van der Waals surface area contributed by atoms with Gasteiger partial charge < -0.3 is 10.5 Å². The van der Waals surface area contributed by atoms with Crippen LogP contribution in [0.4, 0.5) is 0 Å². The van der Waals surface area contributed by atoms with Crippen molar-refractivity contribution in [2.75, 3.05) is 13.2 Å². The van der Waals surface area contributed by atoms with Crippen molar-refractivity contribution in [3.05, 3.63) is 12.7 Å². The average Bonchev–Trinajstić information content (AvgIpc) is 1.89. The number of ether oxygens (including phenoxy) is 1. The molecule has 0 bridgehead atoms. The summed E-state index contributed by atoms with van der Waals surface area (Å²) in [5.74, 6) is -0.386. The molecule has 3 nitrogen and oxygen atoms in total. The summed E-state index contributed by atoms with van der Waals surface area (Å²) in [5.41, 5.74) is 5.14. The van der Waals surface area contributed by atoms with Crippen LogP contribution in [0, 0.1) is 0 Å². The number of rotatable bonds is 4. The smallest absolute Gasteiger partial charge is 0.330 e. The van der Waals surface area contributed by atoms with E-state index in [4.69, 9.17) is 5.73 Å². The number of nitrogens with two attached hydrogens (primary N) is 1. The molecule has 0 unspecified atom stereocenters. The second-order valence-electron chi connectivity index (χ2n) is 1.51. The van der Waals surface area contributed by atoms with Crippen LogP contribution in [0.25, 0.3) is 0 Å². The molecule has 0 radical (unpaired) electrons. The SMILES string of the molecule is C=CC(=O)OCCCN.Cl. The number of hydrogen-bond donors (Lipinski definition) is 1. The molecular weight excluding hydrogens is 154 g/mol. The predicted octanol–water partition coefficient (Wildman–Crippen LogP) is 0.486. The third-order valence-corrected chi connectivity index (χ3v) is 0.759. The van der Waals surface area contributed by atoms with Crippen molar-refractivity contribution < 1.29 is 9.53 Å². The minimum absolute atomic E-state index is 0. The normalized spacial score (nSPS) is 7.70. The fraction of sp³-hybridized carbons (Fsp3) is 0.500. The molecule has 10 heavy (non-hydrogen) atoms. The van der Waals surface area contributed by atoms with Gasteiger partial charge in [0.2, 0.25) is 0 Å². The summed E-state index contributed by atoms with van der Waals surface area (Å²) >= 11 is 0. The topological polar surface area (TPSA) is 52.3 Å². The highest BCUT2D eigenvalue weighted by Crippen LogP contribution is 1.81. The lowest BCUT2D eigenvalue weighted by Gasteiger charge is -1.97. The number of esters is 1. The first kappa shape index (κ1) is 12.2. The van der Waals surface area contributed by atoms with Crippen LogP contribution < -0.4 is 5.73 Å².